The maximum Gasteiger partial charge on any atom is 0.417 e. The van der Waals surface area contributed by atoms with E-state index in [0.29, 0.717) is 17.1 Å². The highest BCUT2D eigenvalue weighted by molar-refractivity contribution is 5.88. The zero-order valence-corrected chi connectivity index (χ0v) is 16.2. The van der Waals surface area contributed by atoms with E-state index in [1.165, 1.54) is 0 Å². The Morgan fingerprint density at radius 2 is 1.30 bits per heavy atom. The summed E-state index contributed by atoms with van der Waals surface area (Å²) in [5, 5.41) is 2.79. The molecule has 0 saturated heterocycles. The zero-order chi connectivity index (χ0) is 20.8. The fourth-order valence-electron chi connectivity index (χ4n) is 3.11. The van der Waals surface area contributed by atoms with Gasteiger partial charge < -0.3 is 15.4 Å². The van der Waals surface area contributed by atoms with E-state index in [1.807, 2.05) is 97.1 Å². The van der Waals surface area contributed by atoms with E-state index in [9.17, 15) is 4.79 Å². The number of benzene rings is 4. The van der Waals surface area contributed by atoms with Gasteiger partial charge in [0.05, 0.1) is 0 Å². The lowest BCUT2D eigenvalue weighted by Crippen LogP contribution is -2.17. The Bertz CT molecular complexity index is 1110. The number of nitrogen functional groups attached to an aromatic ring is 1. The van der Waals surface area contributed by atoms with Crippen LogP contribution in [0.3, 0.4) is 0 Å². The van der Waals surface area contributed by atoms with E-state index in [1.54, 1.807) is 12.1 Å². The predicted octanol–water partition coefficient (Wildman–Crippen LogP) is 6.35. The molecule has 0 spiro atoms. The molecule has 0 aromatic heterocycles. The van der Waals surface area contributed by atoms with E-state index >= 15 is 0 Å². The van der Waals surface area contributed by atoms with Crippen LogP contribution in [-0.4, -0.2) is 6.09 Å². The molecule has 0 saturated carbocycles. The summed E-state index contributed by atoms with van der Waals surface area (Å²) >= 11 is 0. The number of carbonyl (C=O) groups is 1. The van der Waals surface area contributed by atoms with Crippen molar-refractivity contribution in [2.24, 2.45) is 0 Å². The van der Waals surface area contributed by atoms with Crippen molar-refractivity contribution >= 4 is 34.5 Å². The van der Waals surface area contributed by atoms with Gasteiger partial charge >= 0.3 is 6.09 Å². The molecule has 0 atom stereocenters. The summed E-state index contributed by atoms with van der Waals surface area (Å²) in [6, 6.07) is 34.2. The highest BCUT2D eigenvalue weighted by Gasteiger charge is 2.13. The molecule has 3 N–H and O–H groups in total. The van der Waals surface area contributed by atoms with Crippen LogP contribution in [-0.2, 0) is 0 Å². The number of nitrogens with zero attached hydrogens (tertiary/aromatic N) is 1. The molecule has 0 radical (unpaired) electrons. The van der Waals surface area contributed by atoms with Gasteiger partial charge in [-0.3, -0.25) is 5.32 Å². The Kier molecular flexibility index (Phi) is 5.62. The van der Waals surface area contributed by atoms with Crippen molar-refractivity contribution in [1.82, 2.24) is 0 Å². The van der Waals surface area contributed by atoms with Gasteiger partial charge in [0.1, 0.15) is 5.75 Å². The molecule has 0 fully saturated rings. The molecule has 5 nitrogen and oxygen atoms in total. The minimum Gasteiger partial charge on any atom is -0.410 e. The Hall–Kier alpha value is -4.25. The summed E-state index contributed by atoms with van der Waals surface area (Å²) in [5.41, 5.74) is 10.0. The van der Waals surface area contributed by atoms with Crippen LogP contribution >= 0.6 is 0 Å². The molecular formula is C25H21N3O2. The fraction of sp³-hybridized carbons (Fsp3) is 0. The maximum atomic E-state index is 12.3. The second kappa shape index (κ2) is 8.84. The first-order chi connectivity index (χ1) is 14.7. The van der Waals surface area contributed by atoms with Crippen LogP contribution in [0.15, 0.2) is 109 Å². The van der Waals surface area contributed by atoms with Gasteiger partial charge in [0, 0.05) is 28.4 Å². The number of carbonyl (C=O) groups excluding carboxylic acids is 1. The standard InChI is InChI=1S/C25H21N3O2/c26-19-14-16-22(17-15-19)28(21-9-3-1-4-10-21)23-11-7-8-20(18-23)27-25(29)30-24-12-5-2-6-13-24/h1-18H,26H2,(H,27,29). The van der Waals surface area contributed by atoms with Crippen molar-refractivity contribution in [3.8, 4) is 5.75 Å². The third-order valence-electron chi connectivity index (χ3n) is 4.47. The highest BCUT2D eigenvalue weighted by atomic mass is 16.6. The first-order valence-electron chi connectivity index (χ1n) is 9.54. The Labute approximate surface area is 175 Å². The minimum absolute atomic E-state index is 0.485. The van der Waals surface area contributed by atoms with Gasteiger partial charge in [0.2, 0.25) is 0 Å². The molecule has 0 heterocycles. The predicted molar refractivity (Wildman–Crippen MR) is 122 cm³/mol. The Morgan fingerprint density at radius 3 is 2.00 bits per heavy atom. The molecule has 30 heavy (non-hydrogen) atoms. The van der Waals surface area contributed by atoms with Crippen LogP contribution in [0.4, 0.5) is 33.2 Å². The quantitative estimate of drug-likeness (QED) is 0.386. The molecule has 0 aliphatic heterocycles. The molecule has 0 aliphatic carbocycles. The van der Waals surface area contributed by atoms with Crippen LogP contribution in [0.1, 0.15) is 0 Å². The van der Waals surface area contributed by atoms with E-state index in [-0.39, 0.29) is 0 Å². The maximum absolute atomic E-state index is 12.3. The number of nitrogens with two attached hydrogens (primary N) is 1. The van der Waals surface area contributed by atoms with E-state index in [0.717, 1.165) is 17.1 Å². The Morgan fingerprint density at radius 1 is 0.700 bits per heavy atom. The van der Waals surface area contributed by atoms with E-state index < -0.39 is 6.09 Å². The van der Waals surface area contributed by atoms with Crippen molar-refractivity contribution < 1.29 is 9.53 Å². The van der Waals surface area contributed by atoms with Crippen molar-refractivity contribution in [3.05, 3.63) is 109 Å². The molecule has 0 unspecified atom stereocenters. The number of ether oxygens (including phenoxy) is 1. The van der Waals surface area contributed by atoms with Crippen LogP contribution < -0.4 is 20.7 Å². The molecule has 5 heteroatoms. The van der Waals surface area contributed by atoms with Gasteiger partial charge in [0.15, 0.2) is 0 Å². The second-order valence-electron chi connectivity index (χ2n) is 6.64. The van der Waals surface area contributed by atoms with Gasteiger partial charge in [-0.15, -0.1) is 0 Å². The van der Waals surface area contributed by atoms with Crippen molar-refractivity contribution in [2.45, 2.75) is 0 Å². The third-order valence-corrected chi connectivity index (χ3v) is 4.47. The topological polar surface area (TPSA) is 67.6 Å². The molecule has 148 valence electrons. The van der Waals surface area contributed by atoms with Crippen LogP contribution in [0, 0.1) is 0 Å². The Balaban J connectivity index is 1.62. The smallest absolute Gasteiger partial charge is 0.410 e. The lowest BCUT2D eigenvalue weighted by atomic mass is 10.1. The second-order valence-corrected chi connectivity index (χ2v) is 6.64. The summed E-state index contributed by atoms with van der Waals surface area (Å²) in [5.74, 6) is 0.485. The van der Waals surface area contributed by atoms with Crippen molar-refractivity contribution in [1.29, 1.82) is 0 Å². The summed E-state index contributed by atoms with van der Waals surface area (Å²) in [6.07, 6.45) is -0.544. The highest BCUT2D eigenvalue weighted by Crippen LogP contribution is 2.35. The first kappa shape index (κ1) is 19.1. The summed E-state index contributed by atoms with van der Waals surface area (Å²) in [6.45, 7) is 0. The lowest BCUT2D eigenvalue weighted by molar-refractivity contribution is 0.215. The van der Waals surface area contributed by atoms with Crippen LogP contribution in [0.5, 0.6) is 5.75 Å². The third kappa shape index (κ3) is 4.59. The molecule has 1 amide bonds. The largest absolute Gasteiger partial charge is 0.417 e. The van der Waals surface area contributed by atoms with Crippen molar-refractivity contribution in [2.75, 3.05) is 16.0 Å². The minimum atomic E-state index is -0.544. The number of rotatable bonds is 5. The number of para-hydroxylation sites is 2. The lowest BCUT2D eigenvalue weighted by Gasteiger charge is -2.26. The van der Waals surface area contributed by atoms with Crippen LogP contribution in [0.2, 0.25) is 0 Å². The van der Waals surface area contributed by atoms with Gasteiger partial charge in [-0.1, -0.05) is 42.5 Å². The zero-order valence-electron chi connectivity index (χ0n) is 16.2. The molecule has 4 aromatic rings. The first-order valence-corrected chi connectivity index (χ1v) is 9.54. The average molecular weight is 395 g/mol. The van der Waals surface area contributed by atoms with Crippen LogP contribution in [0.25, 0.3) is 0 Å². The van der Waals surface area contributed by atoms with Gasteiger partial charge in [0.25, 0.3) is 0 Å². The monoisotopic (exact) mass is 395 g/mol. The number of hydrogen-bond donors (Lipinski definition) is 2. The molecule has 4 rings (SSSR count). The number of nitrogens with one attached hydrogen (secondary N) is 1. The molecular weight excluding hydrogens is 374 g/mol. The molecule has 0 bridgehead atoms. The van der Waals surface area contributed by atoms with Gasteiger partial charge in [-0.25, -0.2) is 4.79 Å². The average Bonchev–Trinajstić information content (AvgIpc) is 2.77. The molecule has 0 aliphatic rings. The van der Waals surface area contributed by atoms with E-state index in [2.05, 4.69) is 10.2 Å². The molecule has 4 aromatic carbocycles. The summed E-state index contributed by atoms with van der Waals surface area (Å²) in [7, 11) is 0. The SMILES string of the molecule is Nc1ccc(N(c2ccccc2)c2cccc(NC(=O)Oc3ccccc3)c2)cc1. The normalized spacial score (nSPS) is 10.3. The van der Waals surface area contributed by atoms with E-state index in [4.69, 9.17) is 10.5 Å². The number of anilines is 5. The van der Waals surface area contributed by atoms with Crippen molar-refractivity contribution in [3.63, 3.8) is 0 Å². The van der Waals surface area contributed by atoms with Gasteiger partial charge in [-0.2, -0.15) is 0 Å². The number of hydrogen-bond acceptors (Lipinski definition) is 4. The summed E-state index contributed by atoms with van der Waals surface area (Å²) < 4.78 is 5.32. The fourth-order valence-corrected chi connectivity index (χ4v) is 3.11. The number of amides is 1. The summed E-state index contributed by atoms with van der Waals surface area (Å²) in [4.78, 5) is 14.4. The van der Waals surface area contributed by atoms with Gasteiger partial charge in [-0.05, 0) is 66.7 Å².